The van der Waals surface area contributed by atoms with Crippen LogP contribution < -0.4 is 10.6 Å². The molecule has 158 valence electrons. The molecule has 2 aliphatic heterocycles. The molecule has 0 spiro atoms. The van der Waals surface area contributed by atoms with E-state index >= 15 is 0 Å². The van der Waals surface area contributed by atoms with E-state index in [0.717, 1.165) is 25.0 Å². The van der Waals surface area contributed by atoms with E-state index in [1.54, 1.807) is 14.1 Å². The number of amides is 5. The third kappa shape index (κ3) is 3.43. The number of nitrogens with zero attached hydrogens (tertiary/aromatic N) is 4. The zero-order chi connectivity index (χ0) is 21.1. The Morgan fingerprint density at radius 1 is 1.28 bits per heavy atom. The predicted molar refractivity (Wildman–Crippen MR) is 109 cm³/mol. The maximum Gasteiger partial charge on any atom is 0.323 e. The maximum absolute atomic E-state index is 12.6. The molecule has 0 aromatic carbocycles. The minimum absolute atomic E-state index is 0.132. The molecule has 1 aliphatic carbocycles. The van der Waals surface area contributed by atoms with Gasteiger partial charge in [0.25, 0.3) is 0 Å². The van der Waals surface area contributed by atoms with Gasteiger partial charge < -0.3 is 20.4 Å². The molecule has 0 unspecified atom stereocenters. The van der Waals surface area contributed by atoms with Gasteiger partial charge in [-0.1, -0.05) is 20.8 Å². The van der Waals surface area contributed by atoms with Crippen LogP contribution in [0.3, 0.4) is 0 Å². The van der Waals surface area contributed by atoms with Crippen LogP contribution in [-0.4, -0.2) is 70.6 Å². The van der Waals surface area contributed by atoms with E-state index in [0.29, 0.717) is 11.0 Å². The second-order valence-corrected chi connectivity index (χ2v) is 10.3. The minimum atomic E-state index is -0.497. The van der Waals surface area contributed by atoms with Crippen molar-refractivity contribution in [1.29, 1.82) is 0 Å². The van der Waals surface area contributed by atoms with Crippen LogP contribution in [0.4, 0.5) is 14.7 Å². The first kappa shape index (κ1) is 19.9. The zero-order valence-corrected chi connectivity index (χ0v) is 18.3. The number of likely N-dealkylation sites (N-methyl/N-ethyl adjacent to an activating group) is 2. The molecule has 5 amide bonds. The number of hydrogen-bond acceptors (Lipinski definition) is 5. The number of urea groups is 2. The van der Waals surface area contributed by atoms with Crippen LogP contribution in [0.15, 0.2) is 0 Å². The van der Waals surface area contributed by atoms with Crippen molar-refractivity contribution in [2.75, 3.05) is 26.0 Å². The topological polar surface area (TPSA) is 97.9 Å². The number of carbonyl (C=O) groups excluding carboxylic acids is 3. The molecule has 2 fully saturated rings. The van der Waals surface area contributed by atoms with Gasteiger partial charge in [-0.15, -0.1) is 11.3 Å². The monoisotopic (exact) mass is 420 g/mol. The molecule has 2 N–H and O–H groups in total. The van der Waals surface area contributed by atoms with Crippen molar-refractivity contribution >= 4 is 34.4 Å². The molecule has 2 saturated heterocycles. The molecule has 0 radical (unpaired) electrons. The molecule has 9 nitrogen and oxygen atoms in total. The first-order chi connectivity index (χ1) is 13.6. The van der Waals surface area contributed by atoms with Crippen LogP contribution in [0.25, 0.3) is 0 Å². The summed E-state index contributed by atoms with van der Waals surface area (Å²) in [6, 6.07) is -0.542. The van der Waals surface area contributed by atoms with Crippen LogP contribution in [0.1, 0.15) is 37.8 Å². The van der Waals surface area contributed by atoms with Gasteiger partial charge in [0, 0.05) is 19.0 Å². The van der Waals surface area contributed by atoms with Crippen molar-refractivity contribution in [3.8, 4) is 0 Å². The molecular weight excluding hydrogens is 392 g/mol. The molecule has 0 bridgehead atoms. The molecular formula is C19H28N6O3S. The molecule has 0 saturated carbocycles. The number of fused-ring (bicyclic) bond motifs is 2. The highest BCUT2D eigenvalue weighted by molar-refractivity contribution is 7.15. The maximum atomic E-state index is 12.6. The molecule has 3 atom stereocenters. The second kappa shape index (κ2) is 6.86. The van der Waals surface area contributed by atoms with E-state index < -0.39 is 12.3 Å². The van der Waals surface area contributed by atoms with Crippen LogP contribution in [0.5, 0.6) is 0 Å². The molecule has 1 aromatic heterocycles. The minimum Gasteiger partial charge on any atom is -0.314 e. The standard InChI is InChI=1S/C19H28N6O3S/c1-19(2,3)10-6-7-11-12(8-10)29-16(20-11)21-13(26)9-25-15-14(22-17(25)27)23(4)18(28)24(15)5/h10,14-15H,6-9H2,1-5H3,(H,22,27)(H,20,21,26)/t10-,14+,15-/m0/s1. The highest BCUT2D eigenvalue weighted by atomic mass is 32.1. The van der Waals surface area contributed by atoms with Gasteiger partial charge in [-0.25, -0.2) is 14.6 Å². The predicted octanol–water partition coefficient (Wildman–Crippen LogP) is 1.91. The van der Waals surface area contributed by atoms with E-state index in [-0.39, 0.29) is 29.9 Å². The number of aryl methyl sites for hydroxylation is 1. The Kier molecular flexibility index (Phi) is 4.71. The molecule has 29 heavy (non-hydrogen) atoms. The molecule has 3 aliphatic rings. The molecule has 4 rings (SSSR count). The summed E-state index contributed by atoms with van der Waals surface area (Å²) in [5, 5.41) is 6.19. The summed E-state index contributed by atoms with van der Waals surface area (Å²) in [5.41, 5.74) is 1.33. The van der Waals surface area contributed by atoms with Gasteiger partial charge in [-0.3, -0.25) is 9.69 Å². The fourth-order valence-corrected chi connectivity index (χ4v) is 5.52. The highest BCUT2D eigenvalue weighted by Gasteiger charge is 2.52. The van der Waals surface area contributed by atoms with Crippen molar-refractivity contribution in [3.63, 3.8) is 0 Å². The Morgan fingerprint density at radius 2 is 2.00 bits per heavy atom. The fourth-order valence-electron chi connectivity index (χ4n) is 4.42. The van der Waals surface area contributed by atoms with Crippen molar-refractivity contribution in [2.45, 2.75) is 52.4 Å². The van der Waals surface area contributed by atoms with Crippen LogP contribution in [0, 0.1) is 11.3 Å². The lowest BCUT2D eigenvalue weighted by molar-refractivity contribution is -0.117. The largest absolute Gasteiger partial charge is 0.323 e. The Balaban J connectivity index is 1.42. The van der Waals surface area contributed by atoms with Gasteiger partial charge in [-0.05, 0) is 30.6 Å². The van der Waals surface area contributed by atoms with E-state index in [1.165, 1.54) is 30.9 Å². The van der Waals surface area contributed by atoms with Gasteiger partial charge in [0.15, 0.2) is 5.13 Å². The summed E-state index contributed by atoms with van der Waals surface area (Å²) in [4.78, 5) is 47.3. The van der Waals surface area contributed by atoms with E-state index in [1.807, 2.05) is 0 Å². The second-order valence-electron chi connectivity index (χ2n) is 9.18. The lowest BCUT2D eigenvalue weighted by Gasteiger charge is -2.33. The number of anilines is 1. The van der Waals surface area contributed by atoms with Gasteiger partial charge >= 0.3 is 12.1 Å². The van der Waals surface area contributed by atoms with Crippen molar-refractivity contribution < 1.29 is 14.4 Å². The Bertz CT molecular complexity index is 863. The van der Waals surface area contributed by atoms with Gasteiger partial charge in [0.1, 0.15) is 18.9 Å². The van der Waals surface area contributed by atoms with E-state index in [4.69, 9.17) is 0 Å². The first-order valence-electron chi connectivity index (χ1n) is 9.91. The number of nitrogens with one attached hydrogen (secondary N) is 2. The average Bonchev–Trinajstić information content (AvgIpc) is 3.24. The average molecular weight is 421 g/mol. The summed E-state index contributed by atoms with van der Waals surface area (Å²) in [6.07, 6.45) is 2.08. The van der Waals surface area contributed by atoms with Gasteiger partial charge in [-0.2, -0.15) is 0 Å². The Morgan fingerprint density at radius 3 is 2.69 bits per heavy atom. The smallest absolute Gasteiger partial charge is 0.314 e. The molecule has 3 heterocycles. The van der Waals surface area contributed by atoms with Crippen LogP contribution >= 0.6 is 11.3 Å². The van der Waals surface area contributed by atoms with E-state index in [2.05, 4.69) is 36.4 Å². The zero-order valence-electron chi connectivity index (χ0n) is 17.5. The van der Waals surface area contributed by atoms with E-state index in [9.17, 15) is 14.4 Å². The molecule has 10 heteroatoms. The van der Waals surface area contributed by atoms with Crippen molar-refractivity contribution in [3.05, 3.63) is 10.6 Å². The molecule has 1 aromatic rings. The summed E-state index contributed by atoms with van der Waals surface area (Å²) >= 11 is 1.53. The highest BCUT2D eigenvalue weighted by Crippen LogP contribution is 2.40. The Labute approximate surface area is 174 Å². The number of carbonyl (C=O) groups is 3. The summed E-state index contributed by atoms with van der Waals surface area (Å²) in [6.45, 7) is 6.67. The third-order valence-corrected chi connectivity index (χ3v) is 7.31. The van der Waals surface area contributed by atoms with Crippen molar-refractivity contribution in [1.82, 2.24) is 25.0 Å². The lowest BCUT2D eigenvalue weighted by atomic mass is 9.73. The number of rotatable bonds is 3. The van der Waals surface area contributed by atoms with Gasteiger partial charge in [0.05, 0.1) is 5.69 Å². The number of thiazole rings is 1. The summed E-state index contributed by atoms with van der Waals surface area (Å²) < 4.78 is 0. The third-order valence-electron chi connectivity index (χ3n) is 6.28. The quantitative estimate of drug-likeness (QED) is 0.780. The lowest BCUT2D eigenvalue weighted by Crippen LogP contribution is -2.47. The SMILES string of the molecule is CN1C(=O)N(C)[C@@H]2[C@@H]1NC(=O)N2CC(=O)Nc1nc2c(s1)C[C@@H](C(C)(C)C)CC2. The normalized spacial score (nSPS) is 26.5. The first-order valence-corrected chi connectivity index (χ1v) is 10.7. The fraction of sp³-hybridized carbons (Fsp3) is 0.684. The van der Waals surface area contributed by atoms with Crippen LogP contribution in [-0.2, 0) is 17.6 Å². The van der Waals surface area contributed by atoms with Gasteiger partial charge in [0.2, 0.25) is 5.91 Å². The summed E-state index contributed by atoms with van der Waals surface area (Å²) in [7, 11) is 3.27. The number of aromatic nitrogens is 1. The Hall–Kier alpha value is -2.36. The van der Waals surface area contributed by atoms with Crippen molar-refractivity contribution in [2.24, 2.45) is 11.3 Å². The van der Waals surface area contributed by atoms with Crippen LogP contribution in [0.2, 0.25) is 0 Å². The summed E-state index contributed by atoms with van der Waals surface area (Å²) in [5.74, 6) is 0.298. The number of hydrogen-bond donors (Lipinski definition) is 2.